The summed E-state index contributed by atoms with van der Waals surface area (Å²) < 4.78 is 26.7. The number of nitrogens with two attached hydrogens (primary N) is 1. The molecule has 0 aliphatic carbocycles. The SMILES string of the molecule is COc1cc(Cl)ccc1[C@@]1(C#N)[C@H](CC(C)(C)C)N[C@H](C(=O)OC[C@@H](O)CC(N)=O)[C@@H]1c1cccc(Cl)c1F. The third-order valence-corrected chi connectivity index (χ3v) is 7.32. The zero-order valence-corrected chi connectivity index (χ0v) is 23.6. The number of halogens is 3. The van der Waals surface area contributed by atoms with E-state index in [0.717, 1.165) is 0 Å². The van der Waals surface area contributed by atoms with Gasteiger partial charge in [-0.2, -0.15) is 5.26 Å². The summed E-state index contributed by atoms with van der Waals surface area (Å²) in [5.74, 6) is -3.22. The minimum absolute atomic E-state index is 0.0320. The molecule has 0 bridgehead atoms. The molecule has 0 aromatic heterocycles. The number of nitriles is 1. The Morgan fingerprint density at radius 1 is 1.28 bits per heavy atom. The van der Waals surface area contributed by atoms with Crippen LogP contribution in [0.4, 0.5) is 4.39 Å². The Morgan fingerprint density at radius 2 is 1.97 bits per heavy atom. The zero-order valence-electron chi connectivity index (χ0n) is 22.1. The lowest BCUT2D eigenvalue weighted by molar-refractivity contribution is -0.150. The molecule has 0 saturated carbocycles. The molecule has 1 aliphatic heterocycles. The Bertz CT molecular complexity index is 1280. The molecule has 2 aromatic carbocycles. The molecule has 210 valence electrons. The summed E-state index contributed by atoms with van der Waals surface area (Å²) in [6.45, 7) is 5.43. The monoisotopic (exact) mass is 579 g/mol. The van der Waals surface area contributed by atoms with Crippen LogP contribution in [0.15, 0.2) is 36.4 Å². The van der Waals surface area contributed by atoms with Crippen LogP contribution in [-0.2, 0) is 19.7 Å². The van der Waals surface area contributed by atoms with Crippen molar-refractivity contribution >= 4 is 35.1 Å². The highest BCUT2D eigenvalue weighted by Crippen LogP contribution is 2.54. The Kier molecular flexibility index (Phi) is 9.50. The topological polar surface area (TPSA) is 135 Å². The summed E-state index contributed by atoms with van der Waals surface area (Å²) in [6.07, 6.45) is -1.33. The second-order valence-corrected chi connectivity index (χ2v) is 11.7. The lowest BCUT2D eigenvalue weighted by Gasteiger charge is -2.38. The minimum Gasteiger partial charge on any atom is -0.496 e. The first-order valence-corrected chi connectivity index (χ1v) is 13.1. The van der Waals surface area contributed by atoms with Crippen LogP contribution in [0.1, 0.15) is 50.7 Å². The number of aliphatic hydroxyl groups is 1. The van der Waals surface area contributed by atoms with Crippen LogP contribution in [0, 0.1) is 22.6 Å². The molecule has 1 amide bonds. The summed E-state index contributed by atoms with van der Waals surface area (Å²) in [6, 6.07) is 9.69. The third kappa shape index (κ3) is 6.47. The summed E-state index contributed by atoms with van der Waals surface area (Å²) >= 11 is 12.4. The molecule has 0 radical (unpaired) electrons. The van der Waals surface area contributed by atoms with Gasteiger partial charge in [0.25, 0.3) is 0 Å². The summed E-state index contributed by atoms with van der Waals surface area (Å²) in [5, 5.41) is 24.4. The number of amides is 1. The van der Waals surface area contributed by atoms with Crippen LogP contribution >= 0.6 is 23.2 Å². The van der Waals surface area contributed by atoms with E-state index in [9.17, 15) is 20.0 Å². The van der Waals surface area contributed by atoms with Gasteiger partial charge in [0, 0.05) is 22.5 Å². The van der Waals surface area contributed by atoms with Crippen LogP contribution < -0.4 is 15.8 Å². The zero-order chi connectivity index (χ0) is 29.1. The number of esters is 1. The molecule has 3 rings (SSSR count). The van der Waals surface area contributed by atoms with Crippen LogP contribution in [-0.4, -0.2) is 48.9 Å². The van der Waals surface area contributed by atoms with E-state index in [1.807, 2.05) is 20.8 Å². The first-order chi connectivity index (χ1) is 18.2. The van der Waals surface area contributed by atoms with Gasteiger partial charge in [-0.1, -0.05) is 62.2 Å². The van der Waals surface area contributed by atoms with E-state index in [0.29, 0.717) is 22.8 Å². The second-order valence-electron chi connectivity index (χ2n) is 10.9. The molecule has 0 unspecified atom stereocenters. The van der Waals surface area contributed by atoms with E-state index >= 15 is 4.39 Å². The molecular weight excluding hydrogens is 548 g/mol. The number of methoxy groups -OCH3 is 1. The fraction of sp³-hybridized carbons (Fsp3) is 0.464. The van der Waals surface area contributed by atoms with Crippen LogP contribution in [0.5, 0.6) is 5.75 Å². The maximum absolute atomic E-state index is 15.7. The van der Waals surface area contributed by atoms with Crippen molar-refractivity contribution < 1.29 is 28.6 Å². The molecule has 1 saturated heterocycles. The molecule has 11 heteroatoms. The van der Waals surface area contributed by atoms with Gasteiger partial charge in [-0.05, 0) is 35.6 Å². The summed E-state index contributed by atoms with van der Waals surface area (Å²) in [7, 11) is 1.43. The summed E-state index contributed by atoms with van der Waals surface area (Å²) in [5.41, 5.74) is 3.68. The number of hydrogen-bond donors (Lipinski definition) is 3. The predicted molar refractivity (Wildman–Crippen MR) is 145 cm³/mol. The van der Waals surface area contributed by atoms with Crippen molar-refractivity contribution in [2.24, 2.45) is 11.1 Å². The quantitative estimate of drug-likeness (QED) is 0.378. The lowest BCUT2D eigenvalue weighted by atomic mass is 9.62. The Balaban J connectivity index is 2.26. The predicted octanol–water partition coefficient (Wildman–Crippen LogP) is 4.24. The number of carbonyl (C=O) groups excluding carboxylic acids is 2. The average Bonchev–Trinajstić information content (AvgIpc) is 3.16. The Labute approximate surface area is 237 Å². The first kappa shape index (κ1) is 30.6. The molecule has 1 heterocycles. The maximum atomic E-state index is 15.7. The van der Waals surface area contributed by atoms with E-state index in [-0.39, 0.29) is 16.0 Å². The van der Waals surface area contributed by atoms with Gasteiger partial charge in [0.15, 0.2) is 0 Å². The van der Waals surface area contributed by atoms with E-state index < -0.39 is 60.2 Å². The van der Waals surface area contributed by atoms with Gasteiger partial charge in [0.2, 0.25) is 5.91 Å². The number of nitrogens with zero attached hydrogens (tertiary/aromatic N) is 1. The molecule has 8 nitrogen and oxygen atoms in total. The van der Waals surface area contributed by atoms with E-state index in [1.54, 1.807) is 18.2 Å². The highest BCUT2D eigenvalue weighted by molar-refractivity contribution is 6.31. The van der Waals surface area contributed by atoms with Crippen molar-refractivity contribution in [3.8, 4) is 11.8 Å². The molecule has 0 spiro atoms. The maximum Gasteiger partial charge on any atom is 0.323 e. The Morgan fingerprint density at radius 3 is 2.56 bits per heavy atom. The Hall–Kier alpha value is -2.90. The van der Waals surface area contributed by atoms with Crippen molar-refractivity contribution in [2.75, 3.05) is 13.7 Å². The number of ether oxygens (including phenoxy) is 2. The molecule has 1 fully saturated rings. The van der Waals surface area contributed by atoms with Gasteiger partial charge >= 0.3 is 5.97 Å². The highest BCUT2D eigenvalue weighted by Gasteiger charge is 2.61. The highest BCUT2D eigenvalue weighted by atomic mass is 35.5. The van der Waals surface area contributed by atoms with Gasteiger partial charge in [-0.3, -0.25) is 14.9 Å². The number of aliphatic hydroxyl groups excluding tert-OH is 1. The summed E-state index contributed by atoms with van der Waals surface area (Å²) in [4.78, 5) is 24.7. The van der Waals surface area contributed by atoms with Gasteiger partial charge in [-0.25, -0.2) is 4.39 Å². The van der Waals surface area contributed by atoms with E-state index in [1.165, 1.54) is 25.3 Å². The largest absolute Gasteiger partial charge is 0.496 e. The number of benzene rings is 2. The van der Waals surface area contributed by atoms with E-state index in [4.69, 9.17) is 38.4 Å². The molecule has 5 atom stereocenters. The van der Waals surface area contributed by atoms with Crippen molar-refractivity contribution in [1.29, 1.82) is 5.26 Å². The van der Waals surface area contributed by atoms with Gasteiger partial charge in [0.05, 0.1) is 30.7 Å². The normalized spacial score (nSPS) is 23.6. The lowest BCUT2D eigenvalue weighted by Crippen LogP contribution is -2.44. The number of hydrogen-bond acceptors (Lipinski definition) is 7. The number of rotatable bonds is 9. The standard InChI is InChI=1S/C28H32Cl2FN3O5/c1-27(2,3)12-21-28(14-32,18-9-8-15(29)10-20(18)38-4)23(17-6-5-7-19(30)24(17)31)25(34-21)26(37)39-13-16(35)11-22(33)36/h5-10,16,21,23,25,34-35H,11-13H2,1-4H3,(H2,33,36)/t16-,21-,23-,25-,28-/m0/s1. The van der Waals surface area contributed by atoms with Crippen molar-refractivity contribution in [3.05, 3.63) is 63.4 Å². The number of nitrogens with one attached hydrogen (secondary N) is 1. The number of primary amides is 1. The smallest absolute Gasteiger partial charge is 0.323 e. The van der Waals surface area contributed by atoms with Crippen molar-refractivity contribution in [3.63, 3.8) is 0 Å². The average molecular weight is 580 g/mol. The first-order valence-electron chi connectivity index (χ1n) is 12.3. The molecule has 2 aromatic rings. The fourth-order valence-corrected chi connectivity index (χ4v) is 5.62. The van der Waals surface area contributed by atoms with Gasteiger partial charge in [0.1, 0.15) is 29.6 Å². The van der Waals surface area contributed by atoms with Crippen molar-refractivity contribution in [1.82, 2.24) is 5.32 Å². The van der Waals surface area contributed by atoms with Crippen LogP contribution in [0.2, 0.25) is 10.0 Å². The van der Waals surface area contributed by atoms with E-state index in [2.05, 4.69) is 11.4 Å². The molecule has 4 N–H and O–H groups in total. The van der Waals surface area contributed by atoms with Gasteiger partial charge < -0.3 is 20.3 Å². The molecule has 1 aliphatic rings. The van der Waals surface area contributed by atoms with Gasteiger partial charge in [-0.15, -0.1) is 0 Å². The van der Waals surface area contributed by atoms with Crippen LogP contribution in [0.25, 0.3) is 0 Å². The molecular formula is C28H32Cl2FN3O5. The fourth-order valence-electron chi connectivity index (χ4n) is 5.27. The van der Waals surface area contributed by atoms with Crippen molar-refractivity contribution in [2.45, 2.75) is 63.1 Å². The second kappa shape index (κ2) is 12.1. The minimum atomic E-state index is -1.55. The van der Waals surface area contributed by atoms with Crippen LogP contribution in [0.3, 0.4) is 0 Å². The number of carbonyl (C=O) groups is 2. The molecule has 39 heavy (non-hydrogen) atoms. The third-order valence-electron chi connectivity index (χ3n) is 6.79.